The lowest BCUT2D eigenvalue weighted by atomic mass is 9.98. The number of nitrogens with two attached hydrogens (primary N) is 2. The number of nitrogens with zero attached hydrogens (tertiary/aromatic N) is 1. The maximum atomic E-state index is 13.0. The minimum Gasteiger partial charge on any atom is -0.366 e. The molecule has 6 nitrogen and oxygen atoms in total. The highest BCUT2D eigenvalue weighted by Crippen LogP contribution is 2.35. The number of aromatic nitrogens is 1. The average molecular weight is 467 g/mol. The summed E-state index contributed by atoms with van der Waals surface area (Å²) in [4.78, 5) is 30.3. The summed E-state index contributed by atoms with van der Waals surface area (Å²) in [5, 5.41) is 2.49. The highest BCUT2D eigenvalue weighted by atomic mass is 35.5. The van der Waals surface area contributed by atoms with E-state index in [2.05, 4.69) is 4.98 Å². The van der Waals surface area contributed by atoms with Gasteiger partial charge in [0.2, 0.25) is 0 Å². The van der Waals surface area contributed by atoms with Crippen molar-refractivity contribution in [3.8, 4) is 11.1 Å². The van der Waals surface area contributed by atoms with E-state index < -0.39 is 5.91 Å². The average Bonchev–Trinajstić information content (AvgIpc) is 3.37. The molecule has 2 amide bonds. The topological polar surface area (TPSA) is 105 Å². The predicted molar refractivity (Wildman–Crippen MR) is 128 cm³/mol. The first-order chi connectivity index (χ1) is 15.3. The Bertz CT molecular complexity index is 1410. The van der Waals surface area contributed by atoms with Gasteiger partial charge in [-0.2, -0.15) is 0 Å². The minimum absolute atomic E-state index is 0.0163. The summed E-state index contributed by atoms with van der Waals surface area (Å²) in [6, 6.07) is 14.5. The van der Waals surface area contributed by atoms with Crippen molar-refractivity contribution in [1.82, 2.24) is 9.88 Å². The van der Waals surface area contributed by atoms with E-state index in [1.165, 1.54) is 0 Å². The van der Waals surface area contributed by atoms with Crippen LogP contribution in [0.3, 0.4) is 0 Å². The van der Waals surface area contributed by atoms with Gasteiger partial charge in [-0.25, -0.2) is 0 Å². The number of carbonyl (C=O) groups excluding carboxylic acids is 2. The Morgan fingerprint density at radius 3 is 2.47 bits per heavy atom. The molecule has 162 valence electrons. The largest absolute Gasteiger partial charge is 0.366 e. The lowest BCUT2D eigenvalue weighted by Crippen LogP contribution is -2.31. The fourth-order valence-corrected chi connectivity index (χ4v) is 4.62. The molecular weight excluding hydrogens is 447 g/mol. The molecule has 5 rings (SSSR count). The Morgan fingerprint density at radius 2 is 1.78 bits per heavy atom. The Labute approximate surface area is 194 Å². The monoisotopic (exact) mass is 466 g/mol. The van der Waals surface area contributed by atoms with E-state index in [1.54, 1.807) is 29.2 Å². The number of amides is 2. The van der Waals surface area contributed by atoms with Crippen molar-refractivity contribution in [3.05, 3.63) is 69.7 Å². The molecule has 1 aromatic heterocycles. The molecule has 3 aromatic carbocycles. The van der Waals surface area contributed by atoms with E-state index >= 15 is 0 Å². The molecule has 1 saturated heterocycles. The molecule has 5 N–H and O–H groups in total. The van der Waals surface area contributed by atoms with Gasteiger partial charge in [0.25, 0.3) is 11.8 Å². The Kier molecular flexibility index (Phi) is 5.08. The molecule has 1 aliphatic heterocycles. The summed E-state index contributed by atoms with van der Waals surface area (Å²) in [7, 11) is 0. The van der Waals surface area contributed by atoms with Gasteiger partial charge < -0.3 is 21.4 Å². The number of nitrogens with one attached hydrogen (secondary N) is 1. The normalized spacial score (nSPS) is 16.2. The number of halogens is 2. The molecule has 0 bridgehead atoms. The predicted octanol–water partition coefficient (Wildman–Crippen LogP) is 4.57. The van der Waals surface area contributed by atoms with Crippen molar-refractivity contribution in [1.29, 1.82) is 0 Å². The van der Waals surface area contributed by atoms with Crippen molar-refractivity contribution >= 4 is 56.8 Å². The zero-order valence-corrected chi connectivity index (χ0v) is 18.5. The molecule has 4 aromatic rings. The quantitative estimate of drug-likeness (QED) is 0.411. The molecule has 8 heteroatoms. The van der Waals surface area contributed by atoms with Crippen LogP contribution in [0.15, 0.2) is 48.5 Å². The first kappa shape index (κ1) is 20.8. The van der Waals surface area contributed by atoms with E-state index in [0.29, 0.717) is 39.8 Å². The van der Waals surface area contributed by atoms with Gasteiger partial charge >= 0.3 is 0 Å². The number of hydrogen-bond donors (Lipinski definition) is 3. The van der Waals surface area contributed by atoms with Crippen molar-refractivity contribution in [2.24, 2.45) is 11.5 Å². The summed E-state index contributed by atoms with van der Waals surface area (Å²) in [6.07, 6.45) is 0.802. The Morgan fingerprint density at radius 1 is 0.969 bits per heavy atom. The maximum absolute atomic E-state index is 13.0. The lowest BCUT2D eigenvalue weighted by molar-refractivity contribution is 0.0790. The Hall–Kier alpha value is -3.06. The summed E-state index contributed by atoms with van der Waals surface area (Å²) < 4.78 is 0. The molecule has 1 fully saturated rings. The van der Waals surface area contributed by atoms with Crippen LogP contribution < -0.4 is 11.5 Å². The molecule has 2 heterocycles. The van der Waals surface area contributed by atoms with Crippen LogP contribution in [0.2, 0.25) is 10.0 Å². The Balaban J connectivity index is 1.69. The first-order valence-corrected chi connectivity index (χ1v) is 11.0. The minimum atomic E-state index is -0.550. The maximum Gasteiger partial charge on any atom is 0.253 e. The van der Waals surface area contributed by atoms with Gasteiger partial charge in [0, 0.05) is 41.0 Å². The SMILES string of the molecule is NC(=O)c1cc(-c2ccc(Cl)c(Cl)c2)cc2c1[nH]c1ccc(C(=O)N3CC[C@@H](N)C3)cc12. The second kappa shape index (κ2) is 7.81. The number of primary amides is 1. The zero-order chi connectivity index (χ0) is 22.6. The molecule has 0 spiro atoms. The number of H-pyrrole nitrogens is 1. The summed E-state index contributed by atoms with van der Waals surface area (Å²) in [5.41, 5.74) is 15.6. The second-order valence-electron chi connectivity index (χ2n) is 8.12. The third-order valence-electron chi connectivity index (χ3n) is 5.99. The van der Waals surface area contributed by atoms with Gasteiger partial charge in [0.15, 0.2) is 0 Å². The van der Waals surface area contributed by atoms with Crippen LogP contribution in [0, 0.1) is 0 Å². The number of benzene rings is 3. The van der Waals surface area contributed by atoms with Crippen molar-refractivity contribution in [2.75, 3.05) is 13.1 Å². The van der Waals surface area contributed by atoms with Gasteiger partial charge in [-0.05, 0) is 60.0 Å². The van der Waals surface area contributed by atoms with Crippen LogP contribution in [0.1, 0.15) is 27.1 Å². The van der Waals surface area contributed by atoms with E-state index in [0.717, 1.165) is 33.8 Å². The van der Waals surface area contributed by atoms with E-state index in [1.807, 2.05) is 24.3 Å². The number of likely N-dealkylation sites (tertiary alicyclic amines) is 1. The number of rotatable bonds is 3. The van der Waals surface area contributed by atoms with Crippen LogP contribution in [0.4, 0.5) is 0 Å². The molecule has 0 radical (unpaired) electrons. The van der Waals surface area contributed by atoms with E-state index in [4.69, 9.17) is 34.7 Å². The van der Waals surface area contributed by atoms with Gasteiger partial charge in [0.1, 0.15) is 0 Å². The summed E-state index contributed by atoms with van der Waals surface area (Å²) in [5.74, 6) is -0.601. The molecule has 32 heavy (non-hydrogen) atoms. The lowest BCUT2D eigenvalue weighted by Gasteiger charge is -2.15. The number of aromatic amines is 1. The fourth-order valence-electron chi connectivity index (χ4n) is 4.32. The fraction of sp³-hybridized carbons (Fsp3) is 0.167. The number of fused-ring (bicyclic) bond motifs is 3. The smallest absolute Gasteiger partial charge is 0.253 e. The van der Waals surface area contributed by atoms with Crippen LogP contribution in [0.5, 0.6) is 0 Å². The highest BCUT2D eigenvalue weighted by Gasteiger charge is 2.25. The van der Waals surface area contributed by atoms with Crippen molar-refractivity contribution < 1.29 is 9.59 Å². The molecular formula is C24H20Cl2N4O2. The second-order valence-corrected chi connectivity index (χ2v) is 8.94. The number of carbonyl (C=O) groups is 2. The molecule has 1 atom stereocenters. The summed E-state index contributed by atoms with van der Waals surface area (Å²) in [6.45, 7) is 1.21. The van der Waals surface area contributed by atoms with Crippen LogP contribution in [-0.4, -0.2) is 40.8 Å². The van der Waals surface area contributed by atoms with Crippen molar-refractivity contribution in [3.63, 3.8) is 0 Å². The van der Waals surface area contributed by atoms with Gasteiger partial charge in [-0.3, -0.25) is 9.59 Å². The molecule has 1 aliphatic rings. The van der Waals surface area contributed by atoms with Crippen LogP contribution in [-0.2, 0) is 0 Å². The van der Waals surface area contributed by atoms with Crippen LogP contribution in [0.25, 0.3) is 32.9 Å². The van der Waals surface area contributed by atoms with Gasteiger partial charge in [-0.1, -0.05) is 29.3 Å². The number of hydrogen-bond acceptors (Lipinski definition) is 3. The van der Waals surface area contributed by atoms with E-state index in [9.17, 15) is 9.59 Å². The molecule has 0 unspecified atom stereocenters. The molecule has 0 saturated carbocycles. The first-order valence-electron chi connectivity index (χ1n) is 10.2. The molecule has 0 aliphatic carbocycles. The highest BCUT2D eigenvalue weighted by molar-refractivity contribution is 6.42. The van der Waals surface area contributed by atoms with Gasteiger partial charge in [-0.15, -0.1) is 0 Å². The third kappa shape index (κ3) is 3.50. The van der Waals surface area contributed by atoms with Crippen LogP contribution >= 0.6 is 23.2 Å². The van der Waals surface area contributed by atoms with Gasteiger partial charge in [0.05, 0.1) is 21.1 Å². The zero-order valence-electron chi connectivity index (χ0n) is 17.0. The standard InChI is InChI=1S/C24H20Cl2N4O2/c25-19-3-1-12(10-20(19)26)14-8-17-16-7-13(24(32)30-6-5-15(27)11-30)2-4-21(16)29-22(17)18(9-14)23(28)31/h1-4,7-10,15,29H,5-6,11,27H2,(H2,28,31)/t15-/m1/s1. The van der Waals surface area contributed by atoms with Crippen molar-refractivity contribution in [2.45, 2.75) is 12.5 Å². The third-order valence-corrected chi connectivity index (χ3v) is 6.72. The summed E-state index contributed by atoms with van der Waals surface area (Å²) >= 11 is 12.3. The van der Waals surface area contributed by atoms with E-state index in [-0.39, 0.29) is 11.9 Å².